The summed E-state index contributed by atoms with van der Waals surface area (Å²) < 4.78 is 24.0. The van der Waals surface area contributed by atoms with Crippen molar-refractivity contribution in [3.63, 3.8) is 0 Å². The van der Waals surface area contributed by atoms with E-state index in [-0.39, 0.29) is 0 Å². The molecule has 0 unspecified atom stereocenters. The highest BCUT2D eigenvalue weighted by Crippen LogP contribution is 2.08. The second-order valence-corrected chi connectivity index (χ2v) is 3.22. The molecule has 0 aliphatic rings. The summed E-state index contributed by atoms with van der Waals surface area (Å²) in [4.78, 5) is 22.3. The summed E-state index contributed by atoms with van der Waals surface area (Å²) in [5.41, 5.74) is -1.76. The lowest BCUT2D eigenvalue weighted by Gasteiger charge is -2.10. The molecule has 1 rings (SSSR count). The first kappa shape index (κ1) is 14.1. The molecule has 6 nitrogen and oxygen atoms in total. The molecular weight excluding hydrogens is 251 g/mol. The van der Waals surface area contributed by atoms with Gasteiger partial charge >= 0.3 is 19.6 Å². The number of carbonyl (C=O) groups is 2. The van der Waals surface area contributed by atoms with Crippen LogP contribution in [0.4, 0.5) is 8.78 Å². The van der Waals surface area contributed by atoms with E-state index in [1.165, 1.54) is 5.32 Å². The van der Waals surface area contributed by atoms with Gasteiger partial charge in [0.1, 0.15) is 0 Å². The van der Waals surface area contributed by atoms with Crippen molar-refractivity contribution in [3.8, 4) is 0 Å². The maximum absolute atomic E-state index is 12.0. The number of nitrogens with one attached hydrogen (secondary N) is 1. The zero-order valence-corrected chi connectivity index (χ0v) is 8.80. The van der Waals surface area contributed by atoms with Crippen LogP contribution in [-0.2, 0) is 0 Å². The fourth-order valence-electron chi connectivity index (χ4n) is 1.39. The van der Waals surface area contributed by atoms with E-state index in [0.717, 1.165) is 18.2 Å². The first-order valence-corrected chi connectivity index (χ1v) is 4.66. The maximum atomic E-state index is 12.0. The molecule has 18 heavy (non-hydrogen) atoms. The molecule has 0 atom stereocenters. The number of hydrogen-bond donors (Lipinski definition) is 4. The van der Waals surface area contributed by atoms with Crippen LogP contribution in [0.3, 0.4) is 0 Å². The third-order valence-electron chi connectivity index (χ3n) is 2.07. The quantitative estimate of drug-likeness (QED) is 0.410. The van der Waals surface area contributed by atoms with Gasteiger partial charge in [-0.05, 0) is 11.5 Å². The normalized spacial score (nSPS) is 10.3. The lowest BCUT2D eigenvalue weighted by atomic mass is 9.75. The minimum atomic E-state index is -3.15. The van der Waals surface area contributed by atoms with Crippen molar-refractivity contribution in [2.24, 2.45) is 0 Å². The fraction of sp³-hybridized carbons (Fsp3) is 0.111. The van der Waals surface area contributed by atoms with Crippen LogP contribution in [0.2, 0.25) is 0 Å². The molecule has 0 aliphatic heterocycles. The van der Waals surface area contributed by atoms with Crippen LogP contribution in [-0.4, -0.2) is 40.7 Å². The van der Waals surface area contributed by atoms with E-state index in [4.69, 9.17) is 15.2 Å². The highest BCUT2D eigenvalue weighted by atomic mass is 19.3. The molecule has 1 amide bonds. The molecule has 0 heterocycles. The zero-order chi connectivity index (χ0) is 13.9. The Labute approximate surface area is 100 Å². The first-order valence-electron chi connectivity index (χ1n) is 4.66. The lowest BCUT2D eigenvalue weighted by molar-refractivity contribution is 0.0657. The number of benzene rings is 1. The van der Waals surface area contributed by atoms with Crippen molar-refractivity contribution >= 4 is 24.5 Å². The standard InChI is InChI=1S/C9H8BF2NO5/c11-9(12)13-7(14)4-2-1-3-5(10(17)18)6(4)8(15)16/h1-3,9,17-18H,(H,13,14)(H,15,16). The number of hydrogen-bond acceptors (Lipinski definition) is 4. The highest BCUT2D eigenvalue weighted by molar-refractivity contribution is 6.60. The van der Waals surface area contributed by atoms with E-state index in [1.807, 2.05) is 0 Å². The van der Waals surface area contributed by atoms with Crippen LogP contribution in [0.15, 0.2) is 18.2 Å². The fourth-order valence-corrected chi connectivity index (χ4v) is 1.39. The average Bonchev–Trinajstić information content (AvgIpc) is 2.26. The summed E-state index contributed by atoms with van der Waals surface area (Å²) >= 11 is 0. The molecule has 0 spiro atoms. The SMILES string of the molecule is O=C(NC(F)F)c1cccc(B(O)O)c1C(=O)O. The third-order valence-corrected chi connectivity index (χ3v) is 2.07. The van der Waals surface area contributed by atoms with Gasteiger partial charge in [-0.1, -0.05) is 12.1 Å². The summed E-state index contributed by atoms with van der Waals surface area (Å²) in [6, 6.07) is 3.21. The highest BCUT2D eigenvalue weighted by Gasteiger charge is 2.26. The number of halogens is 2. The van der Waals surface area contributed by atoms with Crippen LogP contribution in [0.1, 0.15) is 20.7 Å². The van der Waals surface area contributed by atoms with Gasteiger partial charge < -0.3 is 15.2 Å². The van der Waals surface area contributed by atoms with Crippen molar-refractivity contribution < 1.29 is 33.5 Å². The summed E-state index contributed by atoms with van der Waals surface area (Å²) in [7, 11) is -2.13. The maximum Gasteiger partial charge on any atom is 0.489 e. The van der Waals surface area contributed by atoms with E-state index in [0.29, 0.717) is 0 Å². The van der Waals surface area contributed by atoms with Crippen LogP contribution in [0.5, 0.6) is 0 Å². The van der Waals surface area contributed by atoms with Crippen molar-refractivity contribution in [2.45, 2.75) is 6.55 Å². The van der Waals surface area contributed by atoms with E-state index in [9.17, 15) is 18.4 Å². The van der Waals surface area contributed by atoms with Crippen LogP contribution >= 0.6 is 0 Å². The Morgan fingerprint density at radius 3 is 2.33 bits per heavy atom. The summed E-state index contributed by atoms with van der Waals surface area (Å²) in [6.45, 7) is -3.15. The molecule has 1 aromatic rings. The van der Waals surface area contributed by atoms with Gasteiger partial charge in [0.05, 0.1) is 11.1 Å². The van der Waals surface area contributed by atoms with E-state index < -0.39 is 42.1 Å². The van der Waals surface area contributed by atoms with Crippen molar-refractivity contribution in [3.05, 3.63) is 29.3 Å². The number of rotatable bonds is 4. The van der Waals surface area contributed by atoms with Crippen molar-refractivity contribution in [1.29, 1.82) is 0 Å². The predicted molar refractivity (Wildman–Crippen MR) is 56.7 cm³/mol. The topological polar surface area (TPSA) is 107 Å². The molecule has 4 N–H and O–H groups in total. The number of aromatic carboxylic acids is 1. The predicted octanol–water partition coefficient (Wildman–Crippen LogP) is -0.983. The number of carbonyl (C=O) groups excluding carboxylic acids is 1. The Morgan fingerprint density at radius 1 is 1.28 bits per heavy atom. The monoisotopic (exact) mass is 259 g/mol. The van der Waals surface area contributed by atoms with Gasteiger partial charge in [0.25, 0.3) is 5.91 Å². The van der Waals surface area contributed by atoms with E-state index >= 15 is 0 Å². The van der Waals surface area contributed by atoms with Crippen LogP contribution < -0.4 is 10.8 Å². The molecule has 0 aromatic heterocycles. The van der Waals surface area contributed by atoms with Crippen molar-refractivity contribution in [2.75, 3.05) is 0 Å². The van der Waals surface area contributed by atoms with Crippen LogP contribution in [0.25, 0.3) is 0 Å². The van der Waals surface area contributed by atoms with E-state index in [2.05, 4.69) is 0 Å². The third kappa shape index (κ3) is 3.02. The Kier molecular flexibility index (Phi) is 4.35. The number of carboxylic acid groups (broad SMARTS) is 1. The lowest BCUT2D eigenvalue weighted by Crippen LogP contribution is -2.38. The van der Waals surface area contributed by atoms with Crippen molar-refractivity contribution in [1.82, 2.24) is 5.32 Å². The largest absolute Gasteiger partial charge is 0.489 e. The van der Waals surface area contributed by atoms with E-state index in [1.54, 1.807) is 0 Å². The molecule has 0 bridgehead atoms. The Hall–Kier alpha value is -2.00. The summed E-state index contributed by atoms with van der Waals surface area (Å²) in [5, 5.41) is 28.0. The van der Waals surface area contributed by atoms with Gasteiger partial charge in [0.15, 0.2) is 0 Å². The Balaban J connectivity index is 3.31. The minimum absolute atomic E-state index is 0.454. The molecular formula is C9H8BF2NO5. The molecule has 96 valence electrons. The second-order valence-electron chi connectivity index (χ2n) is 3.22. The van der Waals surface area contributed by atoms with Gasteiger partial charge in [0.2, 0.25) is 0 Å². The van der Waals surface area contributed by atoms with Crippen LogP contribution in [0, 0.1) is 0 Å². The number of amides is 1. The van der Waals surface area contributed by atoms with Gasteiger partial charge in [-0.25, -0.2) is 4.79 Å². The zero-order valence-electron chi connectivity index (χ0n) is 8.80. The Morgan fingerprint density at radius 2 is 1.89 bits per heavy atom. The molecule has 0 saturated carbocycles. The minimum Gasteiger partial charge on any atom is -0.478 e. The number of carboxylic acids is 1. The molecule has 0 saturated heterocycles. The van der Waals surface area contributed by atoms with Gasteiger partial charge in [0, 0.05) is 0 Å². The smallest absolute Gasteiger partial charge is 0.478 e. The molecule has 1 aromatic carbocycles. The van der Waals surface area contributed by atoms with Gasteiger partial charge in [-0.3, -0.25) is 10.1 Å². The summed E-state index contributed by atoms with van der Waals surface area (Å²) in [6.07, 6.45) is 0. The molecule has 0 radical (unpaired) electrons. The molecule has 9 heteroatoms. The number of alkyl halides is 2. The first-order chi connectivity index (χ1) is 8.34. The summed E-state index contributed by atoms with van der Waals surface area (Å²) in [5.74, 6) is -2.94. The molecule has 0 fully saturated rings. The average molecular weight is 259 g/mol. The molecule has 0 aliphatic carbocycles. The second kappa shape index (κ2) is 5.56. The van der Waals surface area contributed by atoms with Gasteiger partial charge in [-0.2, -0.15) is 8.78 Å². The Bertz CT molecular complexity index is 480. The van der Waals surface area contributed by atoms with Gasteiger partial charge in [-0.15, -0.1) is 0 Å².